The number of carboxylic acid groups (broad SMARTS) is 1. The Kier molecular flexibility index (Phi) is 2.25. The van der Waals surface area contributed by atoms with E-state index in [0.717, 1.165) is 16.8 Å². The Balaban J connectivity index is 2.27. The summed E-state index contributed by atoms with van der Waals surface area (Å²) in [6.07, 6.45) is 0. The number of carboxylic acids is 1. The summed E-state index contributed by atoms with van der Waals surface area (Å²) >= 11 is 0. The number of fused-ring (bicyclic) bond motifs is 3. The predicted octanol–water partition coefficient (Wildman–Crippen LogP) is 1.40. The molecule has 0 saturated heterocycles. The SMILES string of the molecule is O=C(O)c1ccc2c(c1)-c1ccccc1C(=O)[NH2+]2. The first-order valence-corrected chi connectivity index (χ1v) is 5.52. The van der Waals surface area contributed by atoms with Gasteiger partial charge in [-0.05, 0) is 18.2 Å². The van der Waals surface area contributed by atoms with Crippen molar-refractivity contribution in [2.24, 2.45) is 0 Å². The highest BCUT2D eigenvalue weighted by atomic mass is 16.4. The molecule has 0 saturated carbocycles. The van der Waals surface area contributed by atoms with Gasteiger partial charge in [0, 0.05) is 17.2 Å². The highest BCUT2D eigenvalue weighted by molar-refractivity contribution is 6.02. The minimum absolute atomic E-state index is 0.0406. The van der Waals surface area contributed by atoms with Crippen LogP contribution in [0.1, 0.15) is 20.7 Å². The van der Waals surface area contributed by atoms with Crippen LogP contribution in [0.15, 0.2) is 42.5 Å². The summed E-state index contributed by atoms with van der Waals surface area (Å²) in [4.78, 5) is 22.9. The molecular formula is C14H10NO3+. The zero-order chi connectivity index (χ0) is 12.7. The van der Waals surface area contributed by atoms with E-state index in [1.54, 1.807) is 29.6 Å². The lowest BCUT2D eigenvalue weighted by Crippen LogP contribution is -2.83. The van der Waals surface area contributed by atoms with E-state index in [1.165, 1.54) is 6.07 Å². The normalized spacial score (nSPS) is 12.8. The highest BCUT2D eigenvalue weighted by Gasteiger charge is 2.26. The first-order chi connectivity index (χ1) is 8.66. The van der Waals surface area contributed by atoms with Gasteiger partial charge in [0.25, 0.3) is 0 Å². The molecule has 4 heteroatoms. The van der Waals surface area contributed by atoms with Gasteiger partial charge in [0.05, 0.1) is 11.1 Å². The molecule has 0 bridgehead atoms. The fraction of sp³-hybridized carbons (Fsp3) is 0. The van der Waals surface area contributed by atoms with Gasteiger partial charge in [-0.3, -0.25) is 0 Å². The molecule has 1 aliphatic heterocycles. The van der Waals surface area contributed by atoms with Gasteiger partial charge in [0.2, 0.25) is 0 Å². The molecule has 18 heavy (non-hydrogen) atoms. The highest BCUT2D eigenvalue weighted by Crippen LogP contribution is 2.31. The van der Waals surface area contributed by atoms with Crippen LogP contribution in [0.5, 0.6) is 0 Å². The van der Waals surface area contributed by atoms with Crippen LogP contribution in [0.2, 0.25) is 0 Å². The fourth-order valence-corrected chi connectivity index (χ4v) is 2.20. The van der Waals surface area contributed by atoms with E-state index in [1.807, 2.05) is 12.1 Å². The number of amides is 1. The second-order valence-electron chi connectivity index (χ2n) is 4.16. The summed E-state index contributed by atoms with van der Waals surface area (Å²) in [6.45, 7) is 0. The van der Waals surface area contributed by atoms with Crippen molar-refractivity contribution in [2.75, 3.05) is 0 Å². The zero-order valence-corrected chi connectivity index (χ0v) is 9.38. The molecule has 3 N–H and O–H groups in total. The van der Waals surface area contributed by atoms with Gasteiger partial charge in [0.1, 0.15) is 5.69 Å². The number of carbonyl (C=O) groups excluding carboxylic acids is 1. The molecule has 1 heterocycles. The summed E-state index contributed by atoms with van der Waals surface area (Å²) in [6, 6.07) is 12.0. The largest absolute Gasteiger partial charge is 0.478 e. The minimum atomic E-state index is -0.966. The van der Waals surface area contributed by atoms with Crippen LogP contribution in [-0.2, 0) is 0 Å². The van der Waals surface area contributed by atoms with Crippen molar-refractivity contribution < 1.29 is 20.0 Å². The molecular weight excluding hydrogens is 230 g/mol. The Labute approximate surface area is 103 Å². The molecule has 0 atom stereocenters. The number of carbonyl (C=O) groups is 2. The smallest absolute Gasteiger partial charge is 0.348 e. The fourth-order valence-electron chi connectivity index (χ4n) is 2.20. The molecule has 0 aromatic heterocycles. The lowest BCUT2D eigenvalue weighted by Gasteiger charge is -2.15. The van der Waals surface area contributed by atoms with Gasteiger partial charge in [-0.2, -0.15) is 0 Å². The van der Waals surface area contributed by atoms with E-state index in [-0.39, 0.29) is 11.5 Å². The minimum Gasteiger partial charge on any atom is -0.478 e. The van der Waals surface area contributed by atoms with E-state index in [4.69, 9.17) is 5.11 Å². The first kappa shape index (κ1) is 10.7. The lowest BCUT2D eigenvalue weighted by atomic mass is 9.93. The van der Waals surface area contributed by atoms with Crippen molar-refractivity contribution in [3.8, 4) is 11.1 Å². The summed E-state index contributed by atoms with van der Waals surface area (Å²) in [5.41, 5.74) is 3.20. The van der Waals surface area contributed by atoms with Crippen molar-refractivity contribution in [2.45, 2.75) is 0 Å². The number of hydrogen-bond donors (Lipinski definition) is 2. The number of benzene rings is 2. The van der Waals surface area contributed by atoms with Crippen LogP contribution in [-0.4, -0.2) is 17.0 Å². The number of aromatic carboxylic acids is 1. The molecule has 1 aliphatic rings. The molecule has 0 fully saturated rings. The van der Waals surface area contributed by atoms with E-state index in [0.29, 0.717) is 5.56 Å². The Morgan fingerprint density at radius 2 is 1.72 bits per heavy atom. The zero-order valence-electron chi connectivity index (χ0n) is 9.38. The van der Waals surface area contributed by atoms with Gasteiger partial charge in [-0.25, -0.2) is 14.9 Å². The standard InChI is InChI=1S/C14H9NO3/c16-13-10-4-2-1-3-9(10)11-7-8(14(17)18)5-6-12(11)15-13/h1-7H,(H,15,16)(H,17,18)/p+1. The third-order valence-electron chi connectivity index (χ3n) is 3.07. The van der Waals surface area contributed by atoms with Gasteiger partial charge < -0.3 is 5.11 Å². The second kappa shape index (κ2) is 3.78. The third-order valence-corrected chi connectivity index (χ3v) is 3.07. The number of nitrogens with two attached hydrogens (primary N) is 1. The summed E-state index contributed by atoms with van der Waals surface area (Å²) < 4.78 is 0. The molecule has 1 amide bonds. The maximum atomic E-state index is 11.9. The molecule has 0 unspecified atom stereocenters. The van der Waals surface area contributed by atoms with Crippen LogP contribution < -0.4 is 5.32 Å². The molecule has 2 aromatic rings. The lowest BCUT2D eigenvalue weighted by molar-refractivity contribution is -0.464. The van der Waals surface area contributed by atoms with Crippen molar-refractivity contribution in [1.82, 2.24) is 0 Å². The molecule has 0 aliphatic carbocycles. The second-order valence-corrected chi connectivity index (χ2v) is 4.16. The van der Waals surface area contributed by atoms with Crippen molar-refractivity contribution in [3.05, 3.63) is 53.6 Å². The van der Waals surface area contributed by atoms with Crippen LogP contribution >= 0.6 is 0 Å². The van der Waals surface area contributed by atoms with E-state index >= 15 is 0 Å². The maximum absolute atomic E-state index is 11.9. The van der Waals surface area contributed by atoms with Gasteiger partial charge in [0.15, 0.2) is 0 Å². The molecule has 2 aromatic carbocycles. The Morgan fingerprint density at radius 1 is 1.00 bits per heavy atom. The van der Waals surface area contributed by atoms with Gasteiger partial charge in [-0.15, -0.1) is 0 Å². The van der Waals surface area contributed by atoms with Gasteiger partial charge >= 0.3 is 11.9 Å². The first-order valence-electron chi connectivity index (χ1n) is 5.52. The van der Waals surface area contributed by atoms with Crippen molar-refractivity contribution in [3.63, 3.8) is 0 Å². The number of primary amides is 1. The third kappa shape index (κ3) is 1.51. The monoisotopic (exact) mass is 240 g/mol. The molecule has 88 valence electrons. The number of quaternary nitrogens is 1. The molecule has 0 spiro atoms. The van der Waals surface area contributed by atoms with Crippen molar-refractivity contribution in [1.29, 1.82) is 0 Å². The Hall–Kier alpha value is -2.46. The van der Waals surface area contributed by atoms with E-state index in [9.17, 15) is 9.59 Å². The Morgan fingerprint density at radius 3 is 2.44 bits per heavy atom. The number of hydrogen-bond acceptors (Lipinski definition) is 2. The Bertz CT molecular complexity index is 676. The topological polar surface area (TPSA) is 71.0 Å². The van der Waals surface area contributed by atoms with Crippen LogP contribution in [0.3, 0.4) is 0 Å². The van der Waals surface area contributed by atoms with E-state index < -0.39 is 5.97 Å². The van der Waals surface area contributed by atoms with E-state index in [2.05, 4.69) is 0 Å². The van der Waals surface area contributed by atoms with Crippen LogP contribution in [0, 0.1) is 0 Å². The summed E-state index contributed by atoms with van der Waals surface area (Å²) in [5.74, 6) is -1.01. The van der Waals surface area contributed by atoms with Gasteiger partial charge in [-0.1, -0.05) is 18.2 Å². The quantitative estimate of drug-likeness (QED) is 0.740. The molecule has 4 nitrogen and oxygen atoms in total. The van der Waals surface area contributed by atoms with Crippen LogP contribution in [0.4, 0.5) is 5.69 Å². The maximum Gasteiger partial charge on any atom is 0.348 e. The predicted molar refractivity (Wildman–Crippen MR) is 64.8 cm³/mol. The average Bonchev–Trinajstić information content (AvgIpc) is 2.38. The van der Waals surface area contributed by atoms with Crippen molar-refractivity contribution >= 4 is 17.6 Å². The number of rotatable bonds is 1. The summed E-state index contributed by atoms with van der Waals surface area (Å²) in [5, 5.41) is 10.6. The molecule has 3 rings (SSSR count). The molecule has 0 radical (unpaired) electrons. The average molecular weight is 240 g/mol. The van der Waals surface area contributed by atoms with Crippen LogP contribution in [0.25, 0.3) is 11.1 Å². The summed E-state index contributed by atoms with van der Waals surface area (Å²) in [7, 11) is 0.